The normalized spacial score (nSPS) is 19.1. The summed E-state index contributed by atoms with van der Waals surface area (Å²) in [5.74, 6) is -0.200. The highest BCUT2D eigenvalue weighted by atomic mass is 35.5. The average molecular weight is 518 g/mol. The van der Waals surface area contributed by atoms with Gasteiger partial charge in [0.15, 0.2) is 11.9 Å². The molecule has 0 N–H and O–H groups in total. The standard InChI is InChI=1S/C29H37ClFNO4/c1-16-8-10-19(11-9-16)14-23(33)26-17(2)24(20-12-13-21(30)22(31)15-20)25(18(3)32-26)27(28(34)35-7)36-29(4,5)6/h12-13,15-16,19,27H,8-11,14H2,1-7H3/t16?,19?,27-/m0/s1. The molecule has 0 saturated heterocycles. The van der Waals surface area contributed by atoms with E-state index in [2.05, 4.69) is 11.9 Å². The van der Waals surface area contributed by atoms with Gasteiger partial charge in [0, 0.05) is 17.7 Å². The van der Waals surface area contributed by atoms with E-state index in [0.717, 1.165) is 25.7 Å². The molecule has 1 aromatic heterocycles. The van der Waals surface area contributed by atoms with Crippen molar-refractivity contribution < 1.29 is 23.5 Å². The number of halogens is 2. The summed E-state index contributed by atoms with van der Waals surface area (Å²) in [5.41, 5.74) is 2.19. The van der Waals surface area contributed by atoms with Crippen molar-refractivity contribution in [3.05, 3.63) is 51.6 Å². The lowest BCUT2D eigenvalue weighted by Crippen LogP contribution is -2.30. The summed E-state index contributed by atoms with van der Waals surface area (Å²) in [6.45, 7) is 11.3. The summed E-state index contributed by atoms with van der Waals surface area (Å²) in [7, 11) is 1.29. The molecule has 0 aliphatic heterocycles. The molecule has 2 aromatic rings. The van der Waals surface area contributed by atoms with Crippen LogP contribution in [-0.4, -0.2) is 29.4 Å². The maximum Gasteiger partial charge on any atom is 0.339 e. The van der Waals surface area contributed by atoms with E-state index in [1.165, 1.54) is 19.2 Å². The number of methoxy groups -OCH3 is 1. The van der Waals surface area contributed by atoms with E-state index in [1.807, 2.05) is 20.8 Å². The van der Waals surface area contributed by atoms with Gasteiger partial charge in [0.1, 0.15) is 11.5 Å². The Morgan fingerprint density at radius 1 is 1.17 bits per heavy atom. The first kappa shape index (κ1) is 28.3. The molecule has 1 aromatic carbocycles. The highest BCUT2D eigenvalue weighted by Crippen LogP contribution is 2.40. The Hall–Kier alpha value is -2.31. The molecule has 1 saturated carbocycles. The third-order valence-corrected chi connectivity index (χ3v) is 7.21. The Morgan fingerprint density at radius 3 is 2.36 bits per heavy atom. The minimum Gasteiger partial charge on any atom is -0.467 e. The zero-order valence-corrected chi connectivity index (χ0v) is 23.1. The zero-order chi connectivity index (χ0) is 26.8. The molecule has 1 atom stereocenters. The van der Waals surface area contributed by atoms with Crippen LogP contribution >= 0.6 is 11.6 Å². The Morgan fingerprint density at radius 2 is 1.81 bits per heavy atom. The molecular weight excluding hydrogens is 481 g/mol. The smallest absolute Gasteiger partial charge is 0.339 e. The van der Waals surface area contributed by atoms with E-state index in [9.17, 15) is 14.0 Å². The molecule has 0 radical (unpaired) electrons. The van der Waals surface area contributed by atoms with Crippen LogP contribution in [-0.2, 0) is 14.3 Å². The lowest BCUT2D eigenvalue weighted by molar-refractivity contribution is -0.164. The van der Waals surface area contributed by atoms with Crippen LogP contribution in [0.5, 0.6) is 0 Å². The minimum atomic E-state index is -1.11. The van der Waals surface area contributed by atoms with Crippen LogP contribution in [0.4, 0.5) is 4.39 Å². The Balaban J connectivity index is 2.19. The summed E-state index contributed by atoms with van der Waals surface area (Å²) in [6, 6.07) is 4.46. The number of carbonyl (C=O) groups is 2. The predicted molar refractivity (Wildman–Crippen MR) is 140 cm³/mol. The molecule has 0 amide bonds. The number of aromatic nitrogens is 1. The van der Waals surface area contributed by atoms with Gasteiger partial charge in [-0.15, -0.1) is 0 Å². The predicted octanol–water partition coefficient (Wildman–Crippen LogP) is 7.59. The van der Waals surface area contributed by atoms with Gasteiger partial charge in [-0.2, -0.15) is 0 Å². The number of nitrogens with zero attached hydrogens (tertiary/aromatic N) is 1. The van der Waals surface area contributed by atoms with Crippen molar-refractivity contribution in [3.8, 4) is 11.1 Å². The maximum atomic E-state index is 14.6. The summed E-state index contributed by atoms with van der Waals surface area (Å²) in [5, 5.41) is -0.0120. The van der Waals surface area contributed by atoms with Crippen molar-refractivity contribution in [2.45, 2.75) is 85.4 Å². The van der Waals surface area contributed by atoms with Crippen molar-refractivity contribution in [1.29, 1.82) is 0 Å². The lowest BCUT2D eigenvalue weighted by atomic mass is 9.80. The number of hydrogen-bond acceptors (Lipinski definition) is 5. The van der Waals surface area contributed by atoms with Gasteiger partial charge in [0.25, 0.3) is 0 Å². The number of Topliss-reactive ketones (excluding diaryl/α,β-unsaturated/α-hetero) is 1. The van der Waals surface area contributed by atoms with Crippen molar-refractivity contribution in [2.75, 3.05) is 7.11 Å². The quantitative estimate of drug-likeness (QED) is 0.279. The van der Waals surface area contributed by atoms with Crippen LogP contribution in [0.2, 0.25) is 5.02 Å². The molecule has 7 heteroatoms. The number of ketones is 1. The summed E-state index contributed by atoms with van der Waals surface area (Å²) >= 11 is 5.96. The molecule has 196 valence electrons. The first-order valence-corrected chi connectivity index (χ1v) is 13.0. The van der Waals surface area contributed by atoms with E-state index in [-0.39, 0.29) is 10.8 Å². The second-order valence-electron chi connectivity index (χ2n) is 11.0. The zero-order valence-electron chi connectivity index (χ0n) is 22.3. The topological polar surface area (TPSA) is 65.5 Å². The molecule has 0 bridgehead atoms. The number of benzene rings is 1. The van der Waals surface area contributed by atoms with Gasteiger partial charge in [0.05, 0.1) is 17.7 Å². The fourth-order valence-corrected chi connectivity index (χ4v) is 5.12. The molecule has 5 nitrogen and oxygen atoms in total. The van der Waals surface area contributed by atoms with Crippen LogP contribution in [0, 0.1) is 31.5 Å². The number of rotatable bonds is 7. The molecule has 1 aliphatic rings. The number of ether oxygens (including phenoxy) is 2. The van der Waals surface area contributed by atoms with E-state index in [0.29, 0.717) is 51.9 Å². The van der Waals surface area contributed by atoms with E-state index in [4.69, 9.17) is 21.1 Å². The third kappa shape index (κ3) is 6.51. The third-order valence-electron chi connectivity index (χ3n) is 6.90. The molecule has 1 fully saturated rings. The molecular formula is C29H37ClFNO4. The van der Waals surface area contributed by atoms with Crippen LogP contribution in [0.25, 0.3) is 11.1 Å². The van der Waals surface area contributed by atoms with Crippen LogP contribution in [0.3, 0.4) is 0 Å². The molecule has 3 rings (SSSR count). The van der Waals surface area contributed by atoms with E-state index >= 15 is 0 Å². The summed E-state index contributed by atoms with van der Waals surface area (Å²) < 4.78 is 25.8. The largest absolute Gasteiger partial charge is 0.467 e. The van der Waals surface area contributed by atoms with Gasteiger partial charge in [-0.3, -0.25) is 4.79 Å². The fourth-order valence-electron chi connectivity index (χ4n) is 5.01. The Bertz CT molecular complexity index is 1130. The monoisotopic (exact) mass is 517 g/mol. The van der Waals surface area contributed by atoms with Crippen LogP contribution in [0.15, 0.2) is 18.2 Å². The second kappa shape index (κ2) is 11.4. The molecule has 0 unspecified atom stereocenters. The number of hydrogen-bond donors (Lipinski definition) is 0. The SMILES string of the molecule is COC(=O)[C@@H](OC(C)(C)C)c1c(C)nc(C(=O)CC2CCC(C)CC2)c(C)c1-c1ccc(Cl)c(F)c1. The first-order chi connectivity index (χ1) is 16.8. The van der Waals surface area contributed by atoms with Gasteiger partial charge in [-0.05, 0) is 88.1 Å². The molecule has 1 aliphatic carbocycles. The second-order valence-corrected chi connectivity index (χ2v) is 11.4. The number of carbonyl (C=O) groups excluding carboxylic acids is 2. The van der Waals surface area contributed by atoms with Crippen LogP contribution < -0.4 is 0 Å². The highest BCUT2D eigenvalue weighted by molar-refractivity contribution is 6.30. The Labute approximate surface area is 218 Å². The minimum absolute atomic E-state index is 0.0120. The average Bonchev–Trinajstić information content (AvgIpc) is 2.81. The van der Waals surface area contributed by atoms with E-state index in [1.54, 1.807) is 19.9 Å². The maximum absolute atomic E-state index is 14.6. The Kier molecular flexibility index (Phi) is 8.94. The fraction of sp³-hybridized carbons (Fsp3) is 0.552. The number of esters is 1. The lowest BCUT2D eigenvalue weighted by Gasteiger charge is -2.30. The van der Waals surface area contributed by atoms with Crippen molar-refractivity contribution in [2.24, 2.45) is 11.8 Å². The van der Waals surface area contributed by atoms with Crippen molar-refractivity contribution >= 4 is 23.4 Å². The van der Waals surface area contributed by atoms with E-state index < -0.39 is 23.5 Å². The first-order valence-electron chi connectivity index (χ1n) is 12.6. The summed E-state index contributed by atoms with van der Waals surface area (Å²) in [6.07, 6.45) is 3.63. The number of aryl methyl sites for hydroxylation is 1. The molecule has 0 spiro atoms. The molecule has 1 heterocycles. The van der Waals surface area contributed by atoms with Gasteiger partial charge in [0.2, 0.25) is 0 Å². The highest BCUT2D eigenvalue weighted by Gasteiger charge is 2.34. The van der Waals surface area contributed by atoms with Gasteiger partial charge >= 0.3 is 5.97 Å². The van der Waals surface area contributed by atoms with Gasteiger partial charge in [-0.25, -0.2) is 14.2 Å². The van der Waals surface area contributed by atoms with Crippen molar-refractivity contribution in [1.82, 2.24) is 4.98 Å². The van der Waals surface area contributed by atoms with Crippen LogP contribution in [0.1, 0.15) is 93.2 Å². The number of pyridine rings is 1. The van der Waals surface area contributed by atoms with Gasteiger partial charge in [-0.1, -0.05) is 37.4 Å². The van der Waals surface area contributed by atoms with Crippen molar-refractivity contribution in [3.63, 3.8) is 0 Å². The summed E-state index contributed by atoms with van der Waals surface area (Å²) in [4.78, 5) is 31.1. The van der Waals surface area contributed by atoms with Gasteiger partial charge < -0.3 is 9.47 Å². The molecule has 36 heavy (non-hydrogen) atoms.